The molecule has 1 aromatic carbocycles. The molecule has 2 aliphatic rings. The van der Waals surface area contributed by atoms with Crippen LogP contribution >= 0.6 is 0 Å². The van der Waals surface area contributed by atoms with Gasteiger partial charge in [0.2, 0.25) is 0 Å². The van der Waals surface area contributed by atoms with Crippen LogP contribution in [0.4, 0.5) is 0 Å². The van der Waals surface area contributed by atoms with Crippen LogP contribution in [-0.2, 0) is 6.42 Å². The Morgan fingerprint density at radius 3 is 2.65 bits per heavy atom. The van der Waals surface area contributed by atoms with Crippen molar-refractivity contribution < 1.29 is 0 Å². The zero-order valence-corrected chi connectivity index (χ0v) is 9.95. The van der Waals surface area contributed by atoms with Gasteiger partial charge in [0.1, 0.15) is 11.8 Å². The Morgan fingerprint density at radius 2 is 1.88 bits per heavy atom. The monoisotopic (exact) mass is 224 g/mol. The summed E-state index contributed by atoms with van der Waals surface area (Å²) in [5.74, 6) is 0. The van der Waals surface area contributed by atoms with Crippen molar-refractivity contribution in [3.8, 4) is 6.07 Å². The number of rotatable bonds is 0. The molecule has 1 aliphatic heterocycles. The van der Waals surface area contributed by atoms with Gasteiger partial charge in [-0.15, -0.1) is 0 Å². The molecule has 0 N–H and O–H groups in total. The minimum absolute atomic E-state index is 0.0394. The van der Waals surface area contributed by atoms with Crippen LogP contribution in [0.15, 0.2) is 29.3 Å². The zero-order valence-electron chi connectivity index (χ0n) is 9.95. The molecule has 0 bridgehead atoms. The summed E-state index contributed by atoms with van der Waals surface area (Å²) < 4.78 is 0. The lowest BCUT2D eigenvalue weighted by Crippen LogP contribution is -2.36. The van der Waals surface area contributed by atoms with E-state index in [1.807, 2.05) is 12.1 Å². The topological polar surface area (TPSA) is 36.1 Å². The summed E-state index contributed by atoms with van der Waals surface area (Å²) in [6.45, 7) is 0. The Kier molecular flexibility index (Phi) is 2.48. The minimum Gasteiger partial charge on any atom is -0.267 e. The number of nitriles is 1. The first-order chi connectivity index (χ1) is 8.33. The molecule has 3 rings (SSSR count). The lowest BCUT2D eigenvalue weighted by Gasteiger charge is -2.37. The highest BCUT2D eigenvalue weighted by atomic mass is 14.9. The number of fused-ring (bicyclic) bond motifs is 1. The van der Waals surface area contributed by atoms with Crippen molar-refractivity contribution in [2.45, 2.75) is 44.1 Å². The van der Waals surface area contributed by atoms with E-state index in [2.05, 4.69) is 18.2 Å². The number of aliphatic imine (C=N–C) groups is 1. The lowest BCUT2D eigenvalue weighted by atomic mass is 9.75. The fourth-order valence-corrected chi connectivity index (χ4v) is 3.18. The van der Waals surface area contributed by atoms with Gasteiger partial charge >= 0.3 is 0 Å². The van der Waals surface area contributed by atoms with Crippen LogP contribution in [0.1, 0.15) is 43.2 Å². The molecule has 1 aromatic rings. The van der Waals surface area contributed by atoms with E-state index in [1.165, 1.54) is 24.8 Å². The molecule has 0 amide bonds. The molecule has 0 unspecified atom stereocenters. The van der Waals surface area contributed by atoms with E-state index in [9.17, 15) is 5.26 Å². The van der Waals surface area contributed by atoms with E-state index in [0.29, 0.717) is 5.71 Å². The summed E-state index contributed by atoms with van der Waals surface area (Å²) in [5.41, 5.74) is 3.04. The molecule has 1 fully saturated rings. The standard InChI is InChI=1S/C15H16N2/c16-11-14-13-7-3-2-6-12(13)10-15(17-14)8-4-1-5-9-15/h2-3,6-7H,1,4-5,8-10H2. The summed E-state index contributed by atoms with van der Waals surface area (Å²) in [7, 11) is 0. The van der Waals surface area contributed by atoms with Crippen LogP contribution in [0.25, 0.3) is 0 Å². The van der Waals surface area contributed by atoms with Gasteiger partial charge in [0.05, 0.1) is 5.54 Å². The van der Waals surface area contributed by atoms with Gasteiger partial charge in [0.15, 0.2) is 0 Å². The van der Waals surface area contributed by atoms with E-state index in [1.54, 1.807) is 0 Å². The van der Waals surface area contributed by atoms with Gasteiger partial charge < -0.3 is 0 Å². The molecule has 0 aromatic heterocycles. The normalized spacial score (nSPS) is 21.5. The molecular weight excluding hydrogens is 208 g/mol. The van der Waals surface area contributed by atoms with Crippen molar-refractivity contribution in [1.29, 1.82) is 5.26 Å². The van der Waals surface area contributed by atoms with Crippen molar-refractivity contribution >= 4 is 5.71 Å². The molecule has 1 heterocycles. The van der Waals surface area contributed by atoms with Crippen molar-refractivity contribution in [2.75, 3.05) is 0 Å². The average molecular weight is 224 g/mol. The Labute approximate surface area is 102 Å². The zero-order chi connectivity index (χ0) is 11.7. The average Bonchev–Trinajstić information content (AvgIpc) is 2.38. The maximum atomic E-state index is 9.27. The molecule has 86 valence electrons. The largest absolute Gasteiger partial charge is 0.267 e. The van der Waals surface area contributed by atoms with Gasteiger partial charge in [-0.25, -0.2) is 0 Å². The van der Waals surface area contributed by atoms with Crippen LogP contribution < -0.4 is 0 Å². The van der Waals surface area contributed by atoms with Crippen molar-refractivity contribution in [1.82, 2.24) is 0 Å². The van der Waals surface area contributed by atoms with E-state index >= 15 is 0 Å². The van der Waals surface area contributed by atoms with Crippen LogP contribution in [0.2, 0.25) is 0 Å². The fourth-order valence-electron chi connectivity index (χ4n) is 3.18. The first-order valence-electron chi connectivity index (χ1n) is 6.41. The summed E-state index contributed by atoms with van der Waals surface area (Å²) >= 11 is 0. The van der Waals surface area contributed by atoms with E-state index < -0.39 is 0 Å². The van der Waals surface area contributed by atoms with E-state index in [-0.39, 0.29) is 5.54 Å². The minimum atomic E-state index is 0.0394. The van der Waals surface area contributed by atoms with Crippen LogP contribution in [0.5, 0.6) is 0 Å². The first kappa shape index (κ1) is 10.5. The number of hydrogen-bond acceptors (Lipinski definition) is 2. The van der Waals surface area contributed by atoms with Crippen LogP contribution in [0, 0.1) is 11.3 Å². The summed E-state index contributed by atoms with van der Waals surface area (Å²) in [6, 6.07) is 10.5. The third kappa shape index (κ3) is 1.76. The summed E-state index contributed by atoms with van der Waals surface area (Å²) in [5, 5.41) is 9.27. The van der Waals surface area contributed by atoms with E-state index in [0.717, 1.165) is 24.8 Å². The second-order valence-corrected chi connectivity index (χ2v) is 5.19. The van der Waals surface area contributed by atoms with Crippen molar-refractivity contribution in [2.24, 2.45) is 4.99 Å². The fraction of sp³-hybridized carbons (Fsp3) is 0.467. The van der Waals surface area contributed by atoms with E-state index in [4.69, 9.17) is 4.99 Å². The molecule has 1 spiro atoms. The second kappa shape index (κ2) is 4.00. The highest BCUT2D eigenvalue weighted by Crippen LogP contribution is 2.38. The smallest absolute Gasteiger partial charge is 0.143 e. The van der Waals surface area contributed by atoms with Crippen LogP contribution in [-0.4, -0.2) is 11.3 Å². The van der Waals surface area contributed by atoms with Gasteiger partial charge in [-0.2, -0.15) is 5.26 Å². The van der Waals surface area contributed by atoms with Crippen molar-refractivity contribution in [3.05, 3.63) is 35.4 Å². The predicted molar refractivity (Wildman–Crippen MR) is 68.1 cm³/mol. The van der Waals surface area contributed by atoms with Crippen LogP contribution in [0.3, 0.4) is 0 Å². The maximum Gasteiger partial charge on any atom is 0.143 e. The highest BCUT2D eigenvalue weighted by Gasteiger charge is 2.36. The van der Waals surface area contributed by atoms with Crippen molar-refractivity contribution in [3.63, 3.8) is 0 Å². The van der Waals surface area contributed by atoms with Gasteiger partial charge in [-0.3, -0.25) is 4.99 Å². The molecule has 0 radical (unpaired) electrons. The number of nitrogens with zero attached hydrogens (tertiary/aromatic N) is 2. The molecule has 17 heavy (non-hydrogen) atoms. The number of benzene rings is 1. The third-order valence-corrected chi connectivity index (χ3v) is 4.03. The SMILES string of the molecule is N#CC1=NC2(CCCCC2)Cc2ccccc21. The molecular formula is C15H16N2. The molecule has 1 aliphatic carbocycles. The molecule has 1 saturated carbocycles. The molecule has 2 nitrogen and oxygen atoms in total. The second-order valence-electron chi connectivity index (χ2n) is 5.19. The Hall–Kier alpha value is -1.62. The quantitative estimate of drug-likeness (QED) is 0.666. The summed E-state index contributed by atoms with van der Waals surface area (Å²) in [6.07, 6.45) is 7.14. The molecule has 0 saturated heterocycles. The molecule has 2 heteroatoms. The predicted octanol–water partition coefficient (Wildman–Crippen LogP) is 3.26. The van der Waals surface area contributed by atoms with Gasteiger partial charge in [0.25, 0.3) is 0 Å². The lowest BCUT2D eigenvalue weighted by molar-refractivity contribution is 0.294. The number of hydrogen-bond donors (Lipinski definition) is 0. The summed E-state index contributed by atoms with van der Waals surface area (Å²) in [4.78, 5) is 4.79. The Balaban J connectivity index is 2.07. The highest BCUT2D eigenvalue weighted by molar-refractivity contribution is 6.13. The maximum absolute atomic E-state index is 9.27. The van der Waals surface area contributed by atoms with Gasteiger partial charge in [-0.05, 0) is 24.8 Å². The Bertz CT molecular complexity index is 502. The third-order valence-electron chi connectivity index (χ3n) is 4.03. The van der Waals surface area contributed by atoms with Gasteiger partial charge in [-0.1, -0.05) is 43.5 Å². The Morgan fingerprint density at radius 1 is 1.12 bits per heavy atom. The van der Waals surface area contributed by atoms with Gasteiger partial charge in [0, 0.05) is 5.56 Å². The first-order valence-corrected chi connectivity index (χ1v) is 6.41. The molecule has 0 atom stereocenters.